The molecule has 2 heterocycles. The maximum absolute atomic E-state index is 14.4. The van der Waals surface area contributed by atoms with Gasteiger partial charge in [-0.05, 0) is 93.6 Å². The van der Waals surface area contributed by atoms with E-state index in [0.29, 0.717) is 38.0 Å². The zero-order valence-corrected chi connectivity index (χ0v) is 27.2. The van der Waals surface area contributed by atoms with Crippen molar-refractivity contribution in [1.29, 1.82) is 0 Å². The first-order valence-corrected chi connectivity index (χ1v) is 15.5. The molecule has 3 aromatic rings. The number of halogens is 4. The van der Waals surface area contributed by atoms with Gasteiger partial charge in [0.2, 0.25) is 0 Å². The number of piperidine rings is 1. The van der Waals surface area contributed by atoms with Gasteiger partial charge in [-0.15, -0.1) is 0 Å². The van der Waals surface area contributed by atoms with E-state index in [-0.39, 0.29) is 24.6 Å². The standard InChI is InChI=1S/C33H38FN3O4.C2HF3O2/c1-23(2)41-30-10-5-7-26(19-30)22-35-18-16-33(21-24(35)3)31(38)36(17-15-25-11-13-29(40-4)14-12-25)32(39)37(33)28-9-6-8-27(34)20-28;3-2(4,5)1(6)7/h5-14,19-20,23-24H,15-18,21-22H2,1-4H3;(H,6,7)/t24-,33+;/m0./s1. The van der Waals surface area contributed by atoms with Crippen LogP contribution in [0.25, 0.3) is 0 Å². The van der Waals surface area contributed by atoms with Crippen LogP contribution in [0.4, 0.5) is 28.0 Å². The average molecular weight is 674 g/mol. The number of anilines is 1. The first-order chi connectivity index (χ1) is 22.6. The Morgan fingerprint density at radius 2 is 1.67 bits per heavy atom. The quantitative estimate of drug-likeness (QED) is 0.200. The maximum atomic E-state index is 14.4. The molecule has 0 saturated carbocycles. The molecule has 3 aromatic carbocycles. The molecule has 2 fully saturated rings. The van der Waals surface area contributed by atoms with E-state index in [0.717, 1.165) is 22.6 Å². The molecule has 258 valence electrons. The molecular weight excluding hydrogens is 634 g/mol. The van der Waals surface area contributed by atoms with Gasteiger partial charge in [-0.3, -0.25) is 19.5 Å². The first kappa shape index (κ1) is 36.2. The Balaban J connectivity index is 0.000000671. The highest BCUT2D eigenvalue weighted by Crippen LogP contribution is 2.43. The minimum absolute atomic E-state index is 0.00720. The SMILES string of the molecule is COc1ccc(CCN2C(=O)N(c3cccc(F)c3)[C@@]3(CCN(Cc4cccc(OC(C)C)c4)[C@@H](C)C3)C2=O)cc1.O=C(O)C(F)(F)F. The van der Waals surface area contributed by atoms with E-state index in [1.165, 1.54) is 17.0 Å². The molecule has 2 aliphatic rings. The highest BCUT2D eigenvalue weighted by molar-refractivity contribution is 6.17. The summed E-state index contributed by atoms with van der Waals surface area (Å²) in [5.74, 6) is -1.83. The Morgan fingerprint density at radius 1 is 1.00 bits per heavy atom. The number of carbonyl (C=O) groups is 3. The lowest BCUT2D eigenvalue weighted by Gasteiger charge is -2.45. The van der Waals surface area contributed by atoms with Crippen molar-refractivity contribution in [2.75, 3.05) is 25.1 Å². The predicted molar refractivity (Wildman–Crippen MR) is 170 cm³/mol. The third-order valence-corrected chi connectivity index (χ3v) is 8.31. The molecule has 2 saturated heterocycles. The lowest BCUT2D eigenvalue weighted by molar-refractivity contribution is -0.192. The van der Waals surface area contributed by atoms with Crippen LogP contribution in [-0.4, -0.2) is 76.9 Å². The highest BCUT2D eigenvalue weighted by atomic mass is 19.4. The van der Waals surface area contributed by atoms with Crippen LogP contribution >= 0.6 is 0 Å². The van der Waals surface area contributed by atoms with Gasteiger partial charge in [-0.2, -0.15) is 13.2 Å². The van der Waals surface area contributed by atoms with Crippen molar-refractivity contribution in [2.45, 2.75) is 70.4 Å². The van der Waals surface area contributed by atoms with Crippen LogP contribution in [0.1, 0.15) is 44.7 Å². The van der Waals surface area contributed by atoms with E-state index in [4.69, 9.17) is 19.4 Å². The van der Waals surface area contributed by atoms with Gasteiger partial charge in [0.1, 0.15) is 22.9 Å². The van der Waals surface area contributed by atoms with E-state index in [1.807, 2.05) is 50.2 Å². The van der Waals surface area contributed by atoms with E-state index >= 15 is 0 Å². The second kappa shape index (κ2) is 15.1. The zero-order valence-electron chi connectivity index (χ0n) is 27.2. The van der Waals surface area contributed by atoms with Crippen molar-refractivity contribution in [3.8, 4) is 11.5 Å². The summed E-state index contributed by atoms with van der Waals surface area (Å²) < 4.78 is 57.2. The third kappa shape index (κ3) is 8.43. The second-order valence-electron chi connectivity index (χ2n) is 12.1. The molecule has 3 amide bonds. The van der Waals surface area contributed by atoms with E-state index in [1.54, 1.807) is 24.1 Å². The molecule has 0 bridgehead atoms. The number of ether oxygens (including phenoxy) is 2. The highest BCUT2D eigenvalue weighted by Gasteiger charge is 2.59. The number of hydrogen-bond donors (Lipinski definition) is 1. The van der Waals surface area contributed by atoms with Gasteiger partial charge in [0, 0.05) is 31.4 Å². The minimum Gasteiger partial charge on any atom is -0.497 e. The molecule has 0 unspecified atom stereocenters. The smallest absolute Gasteiger partial charge is 0.490 e. The Kier molecular flexibility index (Phi) is 11.4. The maximum Gasteiger partial charge on any atom is 0.490 e. The molecule has 9 nitrogen and oxygen atoms in total. The first-order valence-electron chi connectivity index (χ1n) is 15.5. The monoisotopic (exact) mass is 673 g/mol. The molecule has 0 aliphatic carbocycles. The molecule has 5 rings (SSSR count). The number of benzene rings is 3. The number of nitrogens with zero attached hydrogens (tertiary/aromatic N) is 3. The van der Waals surface area contributed by atoms with Crippen LogP contribution in [0.5, 0.6) is 11.5 Å². The number of likely N-dealkylation sites (tertiary alicyclic amines) is 1. The summed E-state index contributed by atoms with van der Waals surface area (Å²) >= 11 is 0. The molecule has 2 atom stereocenters. The third-order valence-electron chi connectivity index (χ3n) is 8.31. The van der Waals surface area contributed by atoms with Crippen molar-refractivity contribution < 1.29 is 46.5 Å². The summed E-state index contributed by atoms with van der Waals surface area (Å²) in [6.07, 6.45) is -3.56. The topological polar surface area (TPSA) is 99.6 Å². The summed E-state index contributed by atoms with van der Waals surface area (Å²) in [4.78, 5) is 42.2. The Bertz CT molecular complexity index is 1600. The number of hydrogen-bond acceptors (Lipinski definition) is 6. The summed E-state index contributed by atoms with van der Waals surface area (Å²) in [5, 5.41) is 7.12. The average Bonchev–Trinajstić information content (AvgIpc) is 3.21. The van der Waals surface area contributed by atoms with Crippen LogP contribution in [0.15, 0.2) is 72.8 Å². The van der Waals surface area contributed by atoms with Crippen LogP contribution in [0, 0.1) is 5.82 Å². The number of carboxylic acid groups (broad SMARTS) is 1. The van der Waals surface area contributed by atoms with E-state index < -0.39 is 29.5 Å². The second-order valence-corrected chi connectivity index (χ2v) is 12.1. The Hall–Kier alpha value is -4.65. The van der Waals surface area contributed by atoms with Gasteiger partial charge < -0.3 is 14.6 Å². The van der Waals surface area contributed by atoms with E-state index in [2.05, 4.69) is 24.0 Å². The van der Waals surface area contributed by atoms with Crippen molar-refractivity contribution in [2.24, 2.45) is 0 Å². The zero-order chi connectivity index (χ0) is 35.2. The summed E-state index contributed by atoms with van der Waals surface area (Å²) in [7, 11) is 1.61. The van der Waals surface area contributed by atoms with Crippen molar-refractivity contribution in [1.82, 2.24) is 9.80 Å². The molecule has 13 heteroatoms. The summed E-state index contributed by atoms with van der Waals surface area (Å²) in [5.41, 5.74) is 1.47. The predicted octanol–water partition coefficient (Wildman–Crippen LogP) is 6.69. The number of rotatable bonds is 9. The number of urea groups is 1. The van der Waals surface area contributed by atoms with Gasteiger partial charge in [-0.25, -0.2) is 14.0 Å². The molecular formula is C35H39F4N3O6. The number of carbonyl (C=O) groups excluding carboxylic acids is 2. The van der Waals surface area contributed by atoms with Gasteiger partial charge in [0.15, 0.2) is 0 Å². The number of amides is 3. The van der Waals surface area contributed by atoms with Crippen molar-refractivity contribution in [3.63, 3.8) is 0 Å². The molecule has 1 spiro atoms. The van der Waals surface area contributed by atoms with E-state index in [9.17, 15) is 27.2 Å². The molecule has 48 heavy (non-hydrogen) atoms. The number of carboxylic acids is 1. The number of methoxy groups -OCH3 is 1. The van der Waals surface area contributed by atoms with Crippen LogP contribution < -0.4 is 14.4 Å². The summed E-state index contributed by atoms with van der Waals surface area (Å²) in [6.45, 7) is 7.67. The molecule has 0 radical (unpaired) electrons. The Labute approximate surface area is 276 Å². The van der Waals surface area contributed by atoms with Crippen LogP contribution in [0.2, 0.25) is 0 Å². The fourth-order valence-corrected chi connectivity index (χ4v) is 6.07. The fourth-order valence-electron chi connectivity index (χ4n) is 6.07. The Morgan fingerprint density at radius 3 is 2.25 bits per heavy atom. The molecule has 0 aromatic heterocycles. The fraction of sp³-hybridized carbons (Fsp3) is 0.400. The van der Waals surface area contributed by atoms with Crippen molar-refractivity contribution in [3.05, 3.63) is 89.7 Å². The van der Waals surface area contributed by atoms with Crippen LogP contribution in [0.3, 0.4) is 0 Å². The van der Waals surface area contributed by atoms with Gasteiger partial charge >= 0.3 is 18.2 Å². The number of aliphatic carboxylic acids is 1. The summed E-state index contributed by atoms with van der Waals surface area (Å²) in [6, 6.07) is 21.3. The lowest BCUT2D eigenvalue weighted by Crippen LogP contribution is -2.59. The van der Waals surface area contributed by atoms with Crippen molar-refractivity contribution >= 4 is 23.6 Å². The number of alkyl halides is 3. The van der Waals surface area contributed by atoms with Gasteiger partial charge in [0.25, 0.3) is 5.91 Å². The molecule has 2 aliphatic heterocycles. The normalized spacial score (nSPS) is 19.8. The lowest BCUT2D eigenvalue weighted by atomic mass is 9.81. The van der Waals surface area contributed by atoms with Gasteiger partial charge in [0.05, 0.1) is 13.2 Å². The van der Waals surface area contributed by atoms with Crippen LogP contribution in [-0.2, 0) is 22.6 Å². The largest absolute Gasteiger partial charge is 0.497 e. The van der Waals surface area contributed by atoms with Gasteiger partial charge in [-0.1, -0.05) is 30.3 Å². The number of imide groups is 1. The molecule has 1 N–H and O–H groups in total. The minimum atomic E-state index is -5.08.